The molecule has 7 nitrogen and oxygen atoms in total. The first-order valence-corrected chi connectivity index (χ1v) is 12.3. The highest BCUT2D eigenvalue weighted by atomic mass is 16.2. The van der Waals surface area contributed by atoms with Crippen LogP contribution >= 0.6 is 0 Å². The minimum Gasteiger partial charge on any atom is -0.309 e. The molecule has 2 aromatic rings. The van der Waals surface area contributed by atoms with Crippen molar-refractivity contribution < 1.29 is 4.79 Å². The summed E-state index contributed by atoms with van der Waals surface area (Å²) >= 11 is 0. The SMILES string of the molecule is CC1CC2CC(C)CC2(C(=O)Nc2ncnc3c2cnn3CCN2CCCCCC2)C1. The van der Waals surface area contributed by atoms with Crippen LogP contribution in [0.15, 0.2) is 12.5 Å². The Morgan fingerprint density at radius 1 is 1.06 bits per heavy atom. The third kappa shape index (κ3) is 3.97. The maximum atomic E-state index is 13.5. The zero-order chi connectivity index (χ0) is 21.4. The summed E-state index contributed by atoms with van der Waals surface area (Å²) in [6.07, 6.45) is 13.0. The Labute approximate surface area is 185 Å². The van der Waals surface area contributed by atoms with Gasteiger partial charge in [0.15, 0.2) is 5.65 Å². The van der Waals surface area contributed by atoms with E-state index in [0.29, 0.717) is 23.6 Å². The van der Waals surface area contributed by atoms with Crippen LogP contribution in [0.5, 0.6) is 0 Å². The Morgan fingerprint density at radius 2 is 1.77 bits per heavy atom. The van der Waals surface area contributed by atoms with Crippen LogP contribution in [0.1, 0.15) is 65.2 Å². The van der Waals surface area contributed by atoms with Crippen molar-refractivity contribution in [2.24, 2.45) is 23.2 Å². The number of carbonyl (C=O) groups is 1. The van der Waals surface area contributed by atoms with E-state index in [1.54, 1.807) is 6.33 Å². The van der Waals surface area contributed by atoms with E-state index in [0.717, 1.165) is 37.0 Å². The molecule has 5 rings (SSSR count). The van der Waals surface area contributed by atoms with Gasteiger partial charge in [-0.25, -0.2) is 14.6 Å². The van der Waals surface area contributed by atoms with Gasteiger partial charge in [-0.1, -0.05) is 26.7 Å². The largest absolute Gasteiger partial charge is 0.309 e. The number of amides is 1. The fourth-order valence-corrected chi connectivity index (χ4v) is 6.70. The summed E-state index contributed by atoms with van der Waals surface area (Å²) in [6.45, 7) is 8.73. The molecule has 0 radical (unpaired) electrons. The first-order valence-electron chi connectivity index (χ1n) is 12.3. The number of hydrogen-bond donors (Lipinski definition) is 1. The summed E-state index contributed by atoms with van der Waals surface area (Å²) in [7, 11) is 0. The number of likely N-dealkylation sites (tertiary alicyclic amines) is 1. The second-order valence-electron chi connectivity index (χ2n) is 10.5. The normalized spacial score (nSPS) is 31.6. The smallest absolute Gasteiger partial charge is 0.232 e. The first-order chi connectivity index (χ1) is 15.0. The van der Waals surface area contributed by atoms with Crippen molar-refractivity contribution in [1.82, 2.24) is 24.6 Å². The van der Waals surface area contributed by atoms with Crippen molar-refractivity contribution in [3.8, 4) is 0 Å². The summed E-state index contributed by atoms with van der Waals surface area (Å²) in [5, 5.41) is 8.64. The Hall–Kier alpha value is -2.02. The van der Waals surface area contributed by atoms with E-state index in [2.05, 4.69) is 39.1 Å². The van der Waals surface area contributed by atoms with Crippen LogP contribution in [0.3, 0.4) is 0 Å². The van der Waals surface area contributed by atoms with Crippen molar-refractivity contribution in [2.75, 3.05) is 25.0 Å². The molecule has 2 aliphatic carbocycles. The van der Waals surface area contributed by atoms with E-state index in [-0.39, 0.29) is 11.3 Å². The Kier molecular flexibility index (Phi) is 5.71. The van der Waals surface area contributed by atoms with Gasteiger partial charge in [0.2, 0.25) is 5.91 Å². The second-order valence-corrected chi connectivity index (χ2v) is 10.5. The van der Waals surface area contributed by atoms with Gasteiger partial charge in [0.05, 0.1) is 23.5 Å². The quantitative estimate of drug-likeness (QED) is 0.782. The molecule has 1 N–H and O–H groups in total. The lowest BCUT2D eigenvalue weighted by molar-refractivity contribution is -0.126. The Morgan fingerprint density at radius 3 is 2.48 bits per heavy atom. The molecule has 0 aromatic carbocycles. The van der Waals surface area contributed by atoms with E-state index in [4.69, 9.17) is 0 Å². The molecule has 1 aliphatic heterocycles. The summed E-state index contributed by atoms with van der Waals surface area (Å²) in [5.74, 6) is 2.52. The van der Waals surface area contributed by atoms with Gasteiger partial charge in [0, 0.05) is 6.54 Å². The van der Waals surface area contributed by atoms with Gasteiger partial charge in [0.1, 0.15) is 12.1 Å². The molecule has 2 saturated carbocycles. The third-order valence-corrected chi connectivity index (χ3v) is 8.03. The molecule has 3 aliphatic rings. The maximum absolute atomic E-state index is 13.5. The molecular weight excluding hydrogens is 388 g/mol. The zero-order valence-corrected chi connectivity index (χ0v) is 19.0. The van der Waals surface area contributed by atoms with E-state index in [1.165, 1.54) is 51.6 Å². The maximum Gasteiger partial charge on any atom is 0.232 e. The van der Waals surface area contributed by atoms with Gasteiger partial charge in [-0.3, -0.25) is 4.79 Å². The molecule has 7 heteroatoms. The minimum absolute atomic E-state index is 0.156. The predicted molar refractivity (Wildman–Crippen MR) is 122 cm³/mol. The number of fused-ring (bicyclic) bond motifs is 2. The lowest BCUT2D eigenvalue weighted by Gasteiger charge is -2.28. The van der Waals surface area contributed by atoms with Crippen molar-refractivity contribution >= 4 is 22.8 Å². The van der Waals surface area contributed by atoms with Crippen LogP contribution in [-0.2, 0) is 11.3 Å². The van der Waals surface area contributed by atoms with Gasteiger partial charge < -0.3 is 10.2 Å². The molecule has 31 heavy (non-hydrogen) atoms. The van der Waals surface area contributed by atoms with Crippen molar-refractivity contribution in [3.63, 3.8) is 0 Å². The number of rotatable bonds is 5. The summed E-state index contributed by atoms with van der Waals surface area (Å²) < 4.78 is 1.97. The van der Waals surface area contributed by atoms with Crippen molar-refractivity contribution in [3.05, 3.63) is 12.5 Å². The molecule has 1 amide bonds. The van der Waals surface area contributed by atoms with Gasteiger partial charge in [-0.05, 0) is 69.4 Å². The highest BCUT2D eigenvalue weighted by Crippen LogP contribution is 2.58. The monoisotopic (exact) mass is 424 g/mol. The van der Waals surface area contributed by atoms with Gasteiger partial charge >= 0.3 is 0 Å². The van der Waals surface area contributed by atoms with Gasteiger partial charge in [-0.2, -0.15) is 5.10 Å². The predicted octanol–water partition coefficient (Wildman–Crippen LogP) is 4.10. The average molecular weight is 425 g/mol. The van der Waals surface area contributed by atoms with Gasteiger partial charge in [-0.15, -0.1) is 0 Å². The lowest BCUT2D eigenvalue weighted by Crippen LogP contribution is -2.36. The first kappa shape index (κ1) is 20.9. The van der Waals surface area contributed by atoms with Crippen LogP contribution in [-0.4, -0.2) is 50.2 Å². The fourth-order valence-electron chi connectivity index (χ4n) is 6.70. The second kappa shape index (κ2) is 8.49. The van der Waals surface area contributed by atoms with E-state index in [9.17, 15) is 4.79 Å². The molecule has 0 spiro atoms. The number of aromatic nitrogens is 4. The van der Waals surface area contributed by atoms with Crippen LogP contribution in [0.2, 0.25) is 0 Å². The Bertz CT molecular complexity index is 917. The topological polar surface area (TPSA) is 75.9 Å². The van der Waals surface area contributed by atoms with E-state index >= 15 is 0 Å². The van der Waals surface area contributed by atoms with Crippen LogP contribution in [0, 0.1) is 23.2 Å². The molecule has 1 saturated heterocycles. The molecule has 168 valence electrons. The molecule has 2 unspecified atom stereocenters. The molecular formula is C24H36N6O. The molecule has 3 heterocycles. The fraction of sp³-hybridized carbons (Fsp3) is 0.750. The summed E-state index contributed by atoms with van der Waals surface area (Å²) in [5.41, 5.74) is 0.590. The van der Waals surface area contributed by atoms with E-state index in [1.807, 2.05) is 10.9 Å². The molecule has 3 fully saturated rings. The van der Waals surface area contributed by atoms with E-state index < -0.39 is 0 Å². The molecule has 2 atom stereocenters. The number of anilines is 1. The van der Waals surface area contributed by atoms with Crippen molar-refractivity contribution in [2.45, 2.75) is 71.8 Å². The van der Waals surface area contributed by atoms with Crippen LogP contribution in [0.25, 0.3) is 11.0 Å². The lowest BCUT2D eigenvalue weighted by atomic mass is 9.78. The van der Waals surface area contributed by atoms with Crippen LogP contribution < -0.4 is 5.32 Å². The average Bonchev–Trinajstić information content (AvgIpc) is 3.29. The minimum atomic E-state index is -0.223. The molecule has 2 aromatic heterocycles. The Balaban J connectivity index is 1.32. The standard InChI is InChI=1S/C24H36N6O/c1-17-11-19-12-18(2)14-24(19,13-17)23(31)28-21-20-15-27-30(22(20)26-16-25-21)10-9-29-7-5-3-4-6-8-29/h15-19H,3-14H2,1-2H3,(H,25,26,28,31). The molecule has 0 bridgehead atoms. The number of carbonyl (C=O) groups excluding carboxylic acids is 1. The number of nitrogens with one attached hydrogen (secondary N) is 1. The van der Waals surface area contributed by atoms with Gasteiger partial charge in [0.25, 0.3) is 0 Å². The van der Waals surface area contributed by atoms with Crippen LogP contribution in [0.4, 0.5) is 5.82 Å². The number of hydrogen-bond acceptors (Lipinski definition) is 5. The summed E-state index contributed by atoms with van der Waals surface area (Å²) in [4.78, 5) is 25.0. The van der Waals surface area contributed by atoms with Crippen molar-refractivity contribution in [1.29, 1.82) is 0 Å². The number of nitrogens with zero attached hydrogens (tertiary/aromatic N) is 5. The zero-order valence-electron chi connectivity index (χ0n) is 19.0. The third-order valence-electron chi connectivity index (χ3n) is 8.03. The highest BCUT2D eigenvalue weighted by Gasteiger charge is 2.55. The summed E-state index contributed by atoms with van der Waals surface area (Å²) in [6, 6.07) is 0. The highest BCUT2D eigenvalue weighted by molar-refractivity contribution is 6.01.